The molecule has 0 fully saturated rings. The number of carbonyl (C=O) groups is 2. The lowest BCUT2D eigenvalue weighted by molar-refractivity contribution is -0.123. The summed E-state index contributed by atoms with van der Waals surface area (Å²) in [5.74, 6) is -1.59. The average Bonchev–Trinajstić information content (AvgIpc) is 3.15. The number of sulfonamides is 1. The Balaban J connectivity index is 1.44. The lowest BCUT2D eigenvalue weighted by atomic mass is 10.2. The summed E-state index contributed by atoms with van der Waals surface area (Å²) in [6.07, 6.45) is -1.27. The lowest BCUT2D eigenvalue weighted by Gasteiger charge is -2.14. The van der Waals surface area contributed by atoms with Gasteiger partial charge in [0.2, 0.25) is 10.0 Å². The van der Waals surface area contributed by atoms with E-state index in [0.29, 0.717) is 11.4 Å². The Hall–Kier alpha value is -4.48. The zero-order valence-electron chi connectivity index (χ0n) is 21.6. The number of carbonyl (C=O) groups excluding carboxylic acids is 2. The maximum Gasteiger partial charge on any atom is 0.338 e. The molecule has 0 aliphatic rings. The van der Waals surface area contributed by atoms with E-state index in [-0.39, 0.29) is 22.7 Å². The smallest absolute Gasteiger partial charge is 0.338 e. The molecule has 0 saturated carbocycles. The molecule has 1 atom stereocenters. The van der Waals surface area contributed by atoms with Gasteiger partial charge in [-0.15, -0.1) is 0 Å². The van der Waals surface area contributed by atoms with Crippen LogP contribution in [-0.2, 0) is 33.1 Å². The minimum Gasteiger partial charge on any atom is -0.449 e. The van der Waals surface area contributed by atoms with Gasteiger partial charge in [0.05, 0.1) is 21.8 Å². The largest absolute Gasteiger partial charge is 0.449 e. The van der Waals surface area contributed by atoms with Crippen LogP contribution < -0.4 is 15.6 Å². The highest BCUT2D eigenvalue weighted by atomic mass is 32.2. The number of hydrogen-bond acceptors (Lipinski definition) is 6. The van der Waals surface area contributed by atoms with Gasteiger partial charge in [0, 0.05) is 13.6 Å². The third-order valence-electron chi connectivity index (χ3n) is 6.14. The molecule has 0 spiro atoms. The van der Waals surface area contributed by atoms with Gasteiger partial charge in [-0.25, -0.2) is 22.6 Å². The van der Waals surface area contributed by atoms with Gasteiger partial charge in [-0.2, -0.15) is 0 Å². The lowest BCUT2D eigenvalue weighted by Crippen LogP contribution is -2.32. The number of benzene rings is 3. The Kier molecular flexibility index (Phi) is 8.12. The minimum absolute atomic E-state index is 0.0421. The van der Waals surface area contributed by atoms with Crippen LogP contribution in [0.25, 0.3) is 5.69 Å². The number of anilines is 1. The van der Waals surface area contributed by atoms with Crippen molar-refractivity contribution in [2.24, 2.45) is 7.05 Å². The highest BCUT2D eigenvalue weighted by molar-refractivity contribution is 7.89. The second kappa shape index (κ2) is 11.5. The van der Waals surface area contributed by atoms with E-state index in [1.807, 2.05) is 12.1 Å². The number of hydrogen-bond donors (Lipinski definition) is 2. The van der Waals surface area contributed by atoms with Crippen LogP contribution in [0.5, 0.6) is 0 Å². The monoisotopic (exact) mass is 548 g/mol. The van der Waals surface area contributed by atoms with Gasteiger partial charge in [-0.3, -0.25) is 14.3 Å². The van der Waals surface area contributed by atoms with E-state index in [4.69, 9.17) is 4.74 Å². The maximum atomic E-state index is 13.0. The van der Waals surface area contributed by atoms with E-state index in [1.54, 1.807) is 67.2 Å². The van der Waals surface area contributed by atoms with Crippen LogP contribution in [-0.4, -0.2) is 35.8 Å². The highest BCUT2D eigenvalue weighted by Gasteiger charge is 2.24. The molecule has 10 nitrogen and oxygen atoms in total. The van der Waals surface area contributed by atoms with Gasteiger partial charge >= 0.3 is 5.97 Å². The zero-order valence-corrected chi connectivity index (χ0v) is 22.4. The summed E-state index contributed by atoms with van der Waals surface area (Å²) < 4.78 is 36.3. The van der Waals surface area contributed by atoms with Crippen molar-refractivity contribution < 1.29 is 22.7 Å². The summed E-state index contributed by atoms with van der Waals surface area (Å²) in [5, 5.41) is 2.56. The van der Waals surface area contributed by atoms with Gasteiger partial charge in [0.15, 0.2) is 6.10 Å². The van der Waals surface area contributed by atoms with E-state index in [9.17, 15) is 22.8 Å². The third kappa shape index (κ3) is 6.16. The summed E-state index contributed by atoms with van der Waals surface area (Å²) in [5.41, 5.74) is 1.50. The molecule has 4 aromatic rings. The molecule has 0 radical (unpaired) electrons. The summed E-state index contributed by atoms with van der Waals surface area (Å²) in [6.45, 7) is 3.13. The molecule has 11 heteroatoms. The minimum atomic E-state index is -3.91. The summed E-state index contributed by atoms with van der Waals surface area (Å²) in [6, 6.07) is 23.3. The second-order valence-corrected chi connectivity index (χ2v) is 10.6. The Morgan fingerprint density at radius 2 is 1.59 bits per heavy atom. The molecule has 0 saturated heterocycles. The normalized spacial score (nSPS) is 12.1. The van der Waals surface area contributed by atoms with E-state index >= 15 is 0 Å². The predicted molar refractivity (Wildman–Crippen MR) is 146 cm³/mol. The second-order valence-electron chi connectivity index (χ2n) is 8.81. The van der Waals surface area contributed by atoms with Crippen molar-refractivity contribution in [3.63, 3.8) is 0 Å². The van der Waals surface area contributed by atoms with Crippen LogP contribution in [0.15, 0.2) is 94.6 Å². The maximum absolute atomic E-state index is 13.0. The van der Waals surface area contributed by atoms with Crippen molar-refractivity contribution in [3.8, 4) is 5.69 Å². The van der Waals surface area contributed by atoms with Crippen LogP contribution in [0.1, 0.15) is 28.5 Å². The van der Waals surface area contributed by atoms with Crippen molar-refractivity contribution in [2.75, 3.05) is 5.32 Å². The van der Waals surface area contributed by atoms with Crippen molar-refractivity contribution in [3.05, 3.63) is 112 Å². The molecule has 4 rings (SSSR count). The fraction of sp³-hybridized carbons (Fsp3) is 0.179. The molecule has 0 aliphatic carbocycles. The molecule has 39 heavy (non-hydrogen) atoms. The van der Waals surface area contributed by atoms with Crippen LogP contribution >= 0.6 is 0 Å². The zero-order chi connectivity index (χ0) is 28.2. The van der Waals surface area contributed by atoms with E-state index in [1.165, 1.54) is 35.9 Å². The Morgan fingerprint density at radius 3 is 2.26 bits per heavy atom. The van der Waals surface area contributed by atoms with Gasteiger partial charge in [0.1, 0.15) is 5.69 Å². The first-order valence-corrected chi connectivity index (χ1v) is 13.6. The molecule has 0 bridgehead atoms. The van der Waals surface area contributed by atoms with Crippen LogP contribution in [0.2, 0.25) is 0 Å². The Morgan fingerprint density at radius 1 is 0.949 bits per heavy atom. The van der Waals surface area contributed by atoms with Crippen molar-refractivity contribution in [1.82, 2.24) is 14.1 Å². The van der Waals surface area contributed by atoms with Crippen LogP contribution in [0.3, 0.4) is 0 Å². The van der Waals surface area contributed by atoms with Gasteiger partial charge in [-0.1, -0.05) is 54.6 Å². The number of nitrogens with zero attached hydrogens (tertiary/aromatic N) is 2. The van der Waals surface area contributed by atoms with Crippen molar-refractivity contribution in [1.29, 1.82) is 0 Å². The van der Waals surface area contributed by atoms with E-state index in [2.05, 4.69) is 10.0 Å². The first-order valence-electron chi connectivity index (χ1n) is 12.1. The quantitative estimate of drug-likeness (QED) is 0.309. The number of amides is 1. The molecule has 0 aliphatic heterocycles. The molecular weight excluding hydrogens is 520 g/mol. The number of esters is 1. The fourth-order valence-corrected chi connectivity index (χ4v) is 4.93. The molecular formula is C28H28N4O6S. The number of para-hydroxylation sites is 1. The summed E-state index contributed by atoms with van der Waals surface area (Å²) in [7, 11) is -2.22. The van der Waals surface area contributed by atoms with Gasteiger partial charge in [0.25, 0.3) is 11.5 Å². The molecule has 202 valence electrons. The molecule has 3 aromatic carbocycles. The highest BCUT2D eigenvalue weighted by Crippen LogP contribution is 2.16. The Labute approximate surface area is 225 Å². The molecule has 1 amide bonds. The van der Waals surface area contributed by atoms with Crippen LogP contribution in [0.4, 0.5) is 5.69 Å². The number of nitrogens with one attached hydrogen (secondary N) is 2. The number of aromatic nitrogens is 2. The molecule has 2 N–H and O–H groups in total. The number of ether oxygens (including phenoxy) is 1. The fourth-order valence-electron chi connectivity index (χ4n) is 3.87. The third-order valence-corrected chi connectivity index (χ3v) is 7.54. The molecule has 1 heterocycles. The first kappa shape index (κ1) is 27.6. The first-order chi connectivity index (χ1) is 18.6. The average molecular weight is 549 g/mol. The standard InChI is InChI=1S/C28H28N4O6S/c1-19-25(27(34)32(31(19)3)23-14-8-5-9-15-23)30-26(33)20(2)38-28(35)22-13-10-16-24(17-22)39(36,37)29-18-21-11-6-4-7-12-21/h4-17,20,29H,18H2,1-3H3,(H,30,33). The Bertz CT molecular complexity index is 1660. The molecule has 1 unspecified atom stereocenters. The number of rotatable bonds is 9. The van der Waals surface area contributed by atoms with E-state index < -0.39 is 33.6 Å². The molecule has 1 aromatic heterocycles. The van der Waals surface area contributed by atoms with Gasteiger partial charge < -0.3 is 10.1 Å². The van der Waals surface area contributed by atoms with E-state index in [0.717, 1.165) is 5.56 Å². The van der Waals surface area contributed by atoms with Crippen LogP contribution in [0, 0.1) is 6.92 Å². The van der Waals surface area contributed by atoms with Gasteiger partial charge in [-0.05, 0) is 49.7 Å². The SMILES string of the molecule is Cc1c(NC(=O)C(C)OC(=O)c2cccc(S(=O)(=O)NCc3ccccc3)c2)c(=O)n(-c2ccccc2)n1C. The summed E-state index contributed by atoms with van der Waals surface area (Å²) in [4.78, 5) is 38.5. The predicted octanol–water partition coefficient (Wildman–Crippen LogP) is 3.15. The van der Waals surface area contributed by atoms with Crippen molar-refractivity contribution in [2.45, 2.75) is 31.4 Å². The van der Waals surface area contributed by atoms with Crippen molar-refractivity contribution >= 4 is 27.6 Å². The summed E-state index contributed by atoms with van der Waals surface area (Å²) >= 11 is 0. The topological polar surface area (TPSA) is 128 Å².